The van der Waals surface area contributed by atoms with Crippen LogP contribution in [-0.4, -0.2) is 39.2 Å². The number of carbonyl (C=O) groups is 2. The van der Waals surface area contributed by atoms with Crippen molar-refractivity contribution in [2.24, 2.45) is 0 Å². The van der Waals surface area contributed by atoms with Crippen molar-refractivity contribution in [3.8, 4) is 0 Å². The first-order chi connectivity index (χ1) is 9.95. The Hall–Kier alpha value is -1.49. The fraction of sp³-hybridized carbons (Fsp3) is 0.500. The van der Waals surface area contributed by atoms with E-state index in [-0.39, 0.29) is 11.2 Å². The van der Waals surface area contributed by atoms with E-state index in [9.17, 15) is 14.7 Å². The molecular weight excluding hydrogens is 286 g/mol. The number of hydrogen-bond donors (Lipinski definition) is 1. The van der Waals surface area contributed by atoms with Gasteiger partial charge in [-0.25, -0.2) is 4.79 Å². The smallest absolute Gasteiger partial charge is 0.329 e. The first kappa shape index (κ1) is 15.9. The monoisotopic (exact) mass is 307 g/mol. The molecule has 5 heteroatoms. The molecule has 0 bridgehead atoms. The van der Waals surface area contributed by atoms with E-state index in [2.05, 4.69) is 0 Å². The van der Waals surface area contributed by atoms with E-state index in [0.717, 1.165) is 12.2 Å². The van der Waals surface area contributed by atoms with Gasteiger partial charge in [-0.3, -0.25) is 4.79 Å². The number of carbonyl (C=O) groups excluding carboxylic acids is 1. The molecule has 0 radical (unpaired) electrons. The van der Waals surface area contributed by atoms with Crippen LogP contribution in [0.4, 0.5) is 0 Å². The molecule has 0 aliphatic carbocycles. The third kappa shape index (κ3) is 3.40. The van der Waals surface area contributed by atoms with Crippen molar-refractivity contribution in [1.29, 1.82) is 0 Å². The van der Waals surface area contributed by atoms with Crippen LogP contribution in [0.2, 0.25) is 0 Å². The van der Waals surface area contributed by atoms with Crippen LogP contribution in [0.3, 0.4) is 0 Å². The Bertz CT molecular complexity index is 520. The number of hydrogen-bond acceptors (Lipinski definition) is 3. The Morgan fingerprint density at radius 2 is 2.05 bits per heavy atom. The molecule has 1 heterocycles. The molecule has 1 aromatic carbocycles. The fourth-order valence-electron chi connectivity index (χ4n) is 2.63. The van der Waals surface area contributed by atoms with Crippen molar-refractivity contribution in [3.63, 3.8) is 0 Å². The van der Waals surface area contributed by atoms with Crippen molar-refractivity contribution >= 4 is 23.6 Å². The minimum Gasteiger partial charge on any atom is -0.480 e. The summed E-state index contributed by atoms with van der Waals surface area (Å²) in [5, 5.41) is 9.15. The molecule has 0 saturated carbocycles. The lowest BCUT2D eigenvalue weighted by Gasteiger charge is -2.33. The highest BCUT2D eigenvalue weighted by molar-refractivity contribution is 7.99. The van der Waals surface area contributed by atoms with Gasteiger partial charge in [0, 0.05) is 12.3 Å². The van der Waals surface area contributed by atoms with E-state index in [1.54, 1.807) is 18.7 Å². The number of carboxylic acids is 1. The van der Waals surface area contributed by atoms with Crippen LogP contribution in [0.5, 0.6) is 0 Å². The molecule has 21 heavy (non-hydrogen) atoms. The number of amides is 1. The average Bonchev–Trinajstić information content (AvgIpc) is 2.88. The summed E-state index contributed by atoms with van der Waals surface area (Å²) < 4.78 is 0. The van der Waals surface area contributed by atoms with Gasteiger partial charge in [0.15, 0.2) is 0 Å². The maximum atomic E-state index is 12.5. The van der Waals surface area contributed by atoms with Gasteiger partial charge >= 0.3 is 5.97 Å². The molecule has 1 fully saturated rings. The van der Waals surface area contributed by atoms with E-state index in [1.807, 2.05) is 37.3 Å². The summed E-state index contributed by atoms with van der Waals surface area (Å²) in [4.78, 5) is 25.5. The molecule has 1 aromatic rings. The van der Waals surface area contributed by atoms with Crippen LogP contribution in [0.1, 0.15) is 32.3 Å². The topological polar surface area (TPSA) is 57.6 Å². The second-order valence-corrected chi connectivity index (χ2v) is 6.94. The highest BCUT2D eigenvalue weighted by atomic mass is 32.2. The summed E-state index contributed by atoms with van der Waals surface area (Å²) in [5.41, 5.74) is 0.128. The number of aliphatic carboxylic acids is 1. The van der Waals surface area contributed by atoms with Gasteiger partial charge in [-0.15, -0.1) is 11.8 Å². The molecule has 1 amide bonds. The molecule has 0 aromatic heterocycles. The second-order valence-electron chi connectivity index (χ2n) is 5.61. The predicted molar refractivity (Wildman–Crippen MR) is 84.2 cm³/mol. The van der Waals surface area contributed by atoms with Gasteiger partial charge in [0.25, 0.3) is 0 Å². The molecular formula is C16H21NO3S. The minimum atomic E-state index is -1.04. The molecule has 2 unspecified atom stereocenters. The Morgan fingerprint density at radius 1 is 1.38 bits per heavy atom. The fourth-order valence-corrected chi connectivity index (χ4v) is 3.53. The zero-order chi connectivity index (χ0) is 15.5. The first-order valence-electron chi connectivity index (χ1n) is 7.15. The molecule has 2 rings (SSSR count). The summed E-state index contributed by atoms with van der Waals surface area (Å²) in [7, 11) is 0. The lowest BCUT2D eigenvalue weighted by Crippen LogP contribution is -2.52. The third-order valence-electron chi connectivity index (χ3n) is 4.06. The van der Waals surface area contributed by atoms with Crippen molar-refractivity contribution in [1.82, 2.24) is 4.90 Å². The number of nitrogens with zero attached hydrogens (tertiary/aromatic N) is 1. The van der Waals surface area contributed by atoms with Gasteiger partial charge in [0.2, 0.25) is 5.91 Å². The number of thioether (sulfide) groups is 1. The molecule has 114 valence electrons. The lowest BCUT2D eigenvalue weighted by atomic mass is 9.99. The van der Waals surface area contributed by atoms with Crippen LogP contribution in [0.25, 0.3) is 0 Å². The number of likely N-dealkylation sites (tertiary alicyclic amines) is 1. The summed E-state index contributed by atoms with van der Waals surface area (Å²) in [6.07, 6.45) is 1.29. The maximum absolute atomic E-state index is 12.5. The predicted octanol–water partition coefficient (Wildman–Crippen LogP) is 2.77. The molecule has 1 saturated heterocycles. The van der Waals surface area contributed by atoms with Crippen molar-refractivity contribution in [2.75, 3.05) is 6.54 Å². The standard InChI is InChI=1S/C16H21NO3S/c1-12(21-11-13-7-4-3-5-8-13)14(18)17-10-6-9-16(17,2)15(19)20/h3-5,7-8,12H,6,9-11H2,1-2H3,(H,19,20). The number of carboxylic acid groups (broad SMARTS) is 1. The highest BCUT2D eigenvalue weighted by Crippen LogP contribution is 2.32. The van der Waals surface area contributed by atoms with Crippen molar-refractivity contribution in [2.45, 2.75) is 43.2 Å². The van der Waals surface area contributed by atoms with Gasteiger partial charge in [0.05, 0.1) is 5.25 Å². The van der Waals surface area contributed by atoms with Gasteiger partial charge in [-0.2, -0.15) is 0 Å². The molecule has 1 N–H and O–H groups in total. The normalized spacial score (nSPS) is 23.0. The van der Waals surface area contributed by atoms with Gasteiger partial charge in [-0.1, -0.05) is 30.3 Å². The van der Waals surface area contributed by atoms with Crippen LogP contribution in [0.15, 0.2) is 30.3 Å². The largest absolute Gasteiger partial charge is 0.480 e. The van der Waals surface area contributed by atoms with Crippen molar-refractivity contribution in [3.05, 3.63) is 35.9 Å². The van der Waals surface area contributed by atoms with Crippen molar-refractivity contribution < 1.29 is 14.7 Å². The lowest BCUT2D eigenvalue weighted by molar-refractivity contribution is -0.155. The summed E-state index contributed by atoms with van der Waals surface area (Å²) in [6, 6.07) is 9.98. The molecule has 1 aliphatic heterocycles. The van der Waals surface area contributed by atoms with Crippen LogP contribution >= 0.6 is 11.8 Å². The third-order valence-corrected chi connectivity index (χ3v) is 5.26. The molecule has 1 aliphatic rings. The summed E-state index contributed by atoms with van der Waals surface area (Å²) in [5.74, 6) is -0.224. The van der Waals surface area contributed by atoms with Crippen LogP contribution in [0, 0.1) is 0 Å². The van der Waals surface area contributed by atoms with E-state index < -0.39 is 11.5 Å². The zero-order valence-corrected chi connectivity index (χ0v) is 13.2. The highest BCUT2D eigenvalue weighted by Gasteiger charge is 2.46. The SMILES string of the molecule is CC(SCc1ccccc1)C(=O)N1CCCC1(C)C(=O)O. The molecule has 2 atom stereocenters. The Balaban J connectivity index is 1.97. The summed E-state index contributed by atoms with van der Waals surface area (Å²) in [6.45, 7) is 4.04. The Labute approximate surface area is 129 Å². The van der Waals surface area contributed by atoms with Gasteiger partial charge in [0.1, 0.15) is 5.54 Å². The van der Waals surface area contributed by atoms with Crippen LogP contribution in [-0.2, 0) is 15.3 Å². The van der Waals surface area contributed by atoms with E-state index in [4.69, 9.17) is 0 Å². The summed E-state index contributed by atoms with van der Waals surface area (Å²) >= 11 is 1.55. The Morgan fingerprint density at radius 3 is 2.67 bits per heavy atom. The van der Waals surface area contributed by atoms with E-state index in [0.29, 0.717) is 13.0 Å². The average molecular weight is 307 g/mol. The Kier molecular flexibility index (Phi) is 4.93. The van der Waals surface area contributed by atoms with Crippen LogP contribution < -0.4 is 0 Å². The maximum Gasteiger partial charge on any atom is 0.329 e. The second kappa shape index (κ2) is 6.52. The number of benzene rings is 1. The van der Waals surface area contributed by atoms with Gasteiger partial charge in [-0.05, 0) is 32.3 Å². The van der Waals surface area contributed by atoms with E-state index in [1.165, 1.54) is 10.5 Å². The quantitative estimate of drug-likeness (QED) is 0.909. The first-order valence-corrected chi connectivity index (χ1v) is 8.20. The minimum absolute atomic E-state index is 0.0710. The molecule has 0 spiro atoms. The number of rotatable bonds is 5. The van der Waals surface area contributed by atoms with Gasteiger partial charge < -0.3 is 10.0 Å². The molecule has 4 nitrogen and oxygen atoms in total. The zero-order valence-electron chi connectivity index (χ0n) is 12.4. The van der Waals surface area contributed by atoms with E-state index >= 15 is 0 Å².